The maximum atomic E-state index is 10.6. The minimum Gasteiger partial charge on any atom is -0.466 e. The van der Waals surface area contributed by atoms with Gasteiger partial charge in [-0.3, -0.25) is 19.2 Å². The van der Waals surface area contributed by atoms with Gasteiger partial charge in [-0.05, 0) is 50.4 Å². The molecular weight excluding hydrogens is 428 g/mol. The molecule has 0 heterocycles. The Bertz CT molecular complexity index is 580. The zero-order valence-electron chi connectivity index (χ0n) is 19.8. The predicted octanol–water partition coefficient (Wildman–Crippen LogP) is 4.25. The van der Waals surface area contributed by atoms with Crippen LogP contribution in [0.5, 0.6) is 0 Å². The highest BCUT2D eigenvalue weighted by atomic mass is 16.5. The first kappa shape index (κ1) is 30.6. The van der Waals surface area contributed by atoms with Crippen molar-refractivity contribution in [1.29, 1.82) is 0 Å². The van der Waals surface area contributed by atoms with E-state index in [1.165, 1.54) is 27.7 Å². The number of carbonyl (C=O) groups is 4. The fourth-order valence-electron chi connectivity index (χ4n) is 3.70. The third-order valence-corrected chi connectivity index (χ3v) is 5.58. The quantitative estimate of drug-likeness (QED) is 0.294. The molecule has 33 heavy (non-hydrogen) atoms. The molecule has 0 aromatic carbocycles. The molecule has 190 valence electrons. The Morgan fingerprint density at radius 1 is 0.545 bits per heavy atom. The maximum absolute atomic E-state index is 10.6. The second-order valence-corrected chi connectivity index (χ2v) is 8.58. The van der Waals surface area contributed by atoms with Gasteiger partial charge in [-0.25, -0.2) is 0 Å². The molecule has 2 atom stereocenters. The SMILES string of the molecule is C.CC(=O)OCC1CCC(COC(C)=O)CC1.CC(=O)OC[C@@H]1C=C[C@H](COC(C)=O)CC1. The largest absolute Gasteiger partial charge is 0.466 e. The molecule has 0 bridgehead atoms. The molecule has 0 N–H and O–H groups in total. The van der Waals surface area contributed by atoms with Crippen LogP contribution in [-0.2, 0) is 38.1 Å². The van der Waals surface area contributed by atoms with Crippen LogP contribution in [0.3, 0.4) is 0 Å². The molecule has 0 aromatic heterocycles. The summed E-state index contributed by atoms with van der Waals surface area (Å²) in [5.41, 5.74) is 0. The number of rotatable bonds is 8. The molecule has 8 heteroatoms. The van der Waals surface area contributed by atoms with Crippen LogP contribution >= 0.6 is 0 Å². The molecule has 1 fully saturated rings. The number of hydrogen-bond donors (Lipinski definition) is 0. The van der Waals surface area contributed by atoms with E-state index in [0.29, 0.717) is 50.1 Å². The molecule has 2 aliphatic carbocycles. The van der Waals surface area contributed by atoms with Gasteiger partial charge in [-0.2, -0.15) is 0 Å². The van der Waals surface area contributed by atoms with E-state index >= 15 is 0 Å². The number of hydrogen-bond acceptors (Lipinski definition) is 8. The Morgan fingerprint density at radius 3 is 1.06 bits per heavy atom. The van der Waals surface area contributed by atoms with Crippen LogP contribution in [0.15, 0.2) is 12.2 Å². The van der Waals surface area contributed by atoms with Gasteiger partial charge >= 0.3 is 23.9 Å². The van der Waals surface area contributed by atoms with E-state index < -0.39 is 0 Å². The minimum absolute atomic E-state index is 0. The van der Waals surface area contributed by atoms with Gasteiger partial charge < -0.3 is 18.9 Å². The first-order valence-electron chi connectivity index (χ1n) is 11.4. The van der Waals surface area contributed by atoms with Crippen molar-refractivity contribution in [2.24, 2.45) is 23.7 Å². The van der Waals surface area contributed by atoms with Gasteiger partial charge in [0.2, 0.25) is 0 Å². The topological polar surface area (TPSA) is 105 Å². The van der Waals surface area contributed by atoms with Crippen molar-refractivity contribution in [2.75, 3.05) is 26.4 Å². The summed E-state index contributed by atoms with van der Waals surface area (Å²) in [6.45, 7) is 7.67. The molecule has 0 spiro atoms. The summed E-state index contributed by atoms with van der Waals surface area (Å²) in [5, 5.41) is 0. The molecule has 0 saturated heterocycles. The fraction of sp³-hybridized carbons (Fsp3) is 0.760. The lowest BCUT2D eigenvalue weighted by atomic mass is 9.83. The predicted molar refractivity (Wildman–Crippen MR) is 124 cm³/mol. The van der Waals surface area contributed by atoms with Crippen LogP contribution < -0.4 is 0 Å². The standard InChI is InChI=1S/C12H20O4.C12H18O4.CH4/c2*1-9(13)15-7-11-3-5-12(6-4-11)8-16-10(2)14;/h11-12H,3-8H2,1-2H3;3,5,11-12H,4,6-8H2,1-2H3;1H4/t;11-,12+;. The van der Waals surface area contributed by atoms with Gasteiger partial charge in [0.25, 0.3) is 0 Å². The molecule has 0 unspecified atom stereocenters. The monoisotopic (exact) mass is 470 g/mol. The van der Waals surface area contributed by atoms with Crippen LogP contribution in [0.2, 0.25) is 0 Å². The highest BCUT2D eigenvalue weighted by Gasteiger charge is 2.22. The van der Waals surface area contributed by atoms with Crippen molar-refractivity contribution in [3.05, 3.63) is 12.2 Å². The summed E-state index contributed by atoms with van der Waals surface area (Å²) in [6, 6.07) is 0. The number of carbonyl (C=O) groups excluding carboxylic acids is 4. The van der Waals surface area contributed by atoms with Crippen molar-refractivity contribution < 1.29 is 38.1 Å². The van der Waals surface area contributed by atoms with Crippen molar-refractivity contribution in [1.82, 2.24) is 0 Å². The molecule has 0 radical (unpaired) electrons. The van der Waals surface area contributed by atoms with Gasteiger partial charge in [-0.15, -0.1) is 0 Å². The Hall–Kier alpha value is -2.38. The number of esters is 4. The first-order valence-corrected chi connectivity index (χ1v) is 11.4. The van der Waals surface area contributed by atoms with E-state index in [9.17, 15) is 19.2 Å². The smallest absolute Gasteiger partial charge is 0.302 e. The lowest BCUT2D eigenvalue weighted by molar-refractivity contribution is -0.145. The van der Waals surface area contributed by atoms with E-state index in [1.807, 2.05) is 12.2 Å². The van der Waals surface area contributed by atoms with Gasteiger partial charge in [0.1, 0.15) is 0 Å². The highest BCUT2D eigenvalue weighted by Crippen LogP contribution is 2.29. The molecule has 2 aliphatic rings. The van der Waals surface area contributed by atoms with Gasteiger partial charge in [0.15, 0.2) is 0 Å². The van der Waals surface area contributed by atoms with Crippen molar-refractivity contribution in [3.63, 3.8) is 0 Å². The number of ether oxygens (including phenoxy) is 4. The Kier molecular flexibility index (Phi) is 15.9. The van der Waals surface area contributed by atoms with Crippen LogP contribution in [0, 0.1) is 23.7 Å². The summed E-state index contributed by atoms with van der Waals surface area (Å²) < 4.78 is 19.9. The highest BCUT2D eigenvalue weighted by molar-refractivity contribution is 5.66. The lowest BCUT2D eigenvalue weighted by Gasteiger charge is -2.27. The average molecular weight is 471 g/mol. The zero-order valence-corrected chi connectivity index (χ0v) is 19.8. The van der Waals surface area contributed by atoms with Crippen LogP contribution in [0.25, 0.3) is 0 Å². The van der Waals surface area contributed by atoms with Gasteiger partial charge in [0, 0.05) is 39.5 Å². The molecule has 0 aromatic rings. The molecule has 8 nitrogen and oxygen atoms in total. The van der Waals surface area contributed by atoms with Gasteiger partial charge in [-0.1, -0.05) is 19.6 Å². The normalized spacial score (nSPS) is 23.6. The molecular formula is C25H42O8. The summed E-state index contributed by atoms with van der Waals surface area (Å²) in [5.74, 6) is 0.680. The lowest BCUT2D eigenvalue weighted by Crippen LogP contribution is -2.23. The summed E-state index contributed by atoms with van der Waals surface area (Å²) >= 11 is 0. The van der Waals surface area contributed by atoms with E-state index in [1.54, 1.807) is 0 Å². The Labute approximate surface area is 198 Å². The van der Waals surface area contributed by atoms with Crippen molar-refractivity contribution in [3.8, 4) is 0 Å². The molecule has 0 amide bonds. The van der Waals surface area contributed by atoms with Crippen LogP contribution in [0.4, 0.5) is 0 Å². The molecule has 0 aliphatic heterocycles. The van der Waals surface area contributed by atoms with Gasteiger partial charge in [0.05, 0.1) is 26.4 Å². The van der Waals surface area contributed by atoms with E-state index in [-0.39, 0.29) is 31.3 Å². The fourth-order valence-corrected chi connectivity index (χ4v) is 3.70. The van der Waals surface area contributed by atoms with Crippen LogP contribution in [0.1, 0.15) is 73.6 Å². The van der Waals surface area contributed by atoms with E-state index in [2.05, 4.69) is 0 Å². The Morgan fingerprint density at radius 2 is 0.818 bits per heavy atom. The maximum Gasteiger partial charge on any atom is 0.302 e. The average Bonchev–Trinajstić information content (AvgIpc) is 2.75. The van der Waals surface area contributed by atoms with Crippen molar-refractivity contribution in [2.45, 2.75) is 73.6 Å². The van der Waals surface area contributed by atoms with Crippen LogP contribution in [-0.4, -0.2) is 50.3 Å². The molecule has 2 rings (SSSR count). The third kappa shape index (κ3) is 16.0. The third-order valence-electron chi connectivity index (χ3n) is 5.58. The second kappa shape index (κ2) is 17.1. The second-order valence-electron chi connectivity index (χ2n) is 8.58. The Balaban J connectivity index is 0.000000602. The minimum atomic E-state index is -0.240. The van der Waals surface area contributed by atoms with Crippen molar-refractivity contribution >= 4 is 23.9 Å². The van der Waals surface area contributed by atoms with E-state index in [4.69, 9.17) is 18.9 Å². The zero-order chi connectivity index (χ0) is 23.9. The summed E-state index contributed by atoms with van der Waals surface area (Å²) in [4.78, 5) is 42.5. The summed E-state index contributed by atoms with van der Waals surface area (Å²) in [7, 11) is 0. The summed E-state index contributed by atoms with van der Waals surface area (Å²) in [6.07, 6.45) is 10.2. The van der Waals surface area contributed by atoms with E-state index in [0.717, 1.165) is 38.5 Å². The molecule has 1 saturated carbocycles. The first-order chi connectivity index (χ1) is 15.2.